The average Bonchev–Trinajstić information content (AvgIpc) is 3.03. The minimum Gasteiger partial charge on any atom is -0.331 e. The molecule has 0 unspecified atom stereocenters. The zero-order valence-electron chi connectivity index (χ0n) is 14.3. The molecule has 0 bridgehead atoms. The lowest BCUT2D eigenvalue weighted by Gasteiger charge is -2.25. The van der Waals surface area contributed by atoms with Crippen LogP contribution in [0.2, 0.25) is 0 Å². The Morgan fingerprint density at radius 3 is 2.92 bits per heavy atom. The van der Waals surface area contributed by atoms with Crippen molar-refractivity contribution in [3.63, 3.8) is 0 Å². The molecule has 0 radical (unpaired) electrons. The van der Waals surface area contributed by atoms with Crippen LogP contribution in [0, 0.1) is 0 Å². The Bertz CT molecular complexity index is 886. The van der Waals surface area contributed by atoms with E-state index in [2.05, 4.69) is 15.0 Å². The van der Waals surface area contributed by atoms with Crippen LogP contribution >= 0.6 is 0 Å². The van der Waals surface area contributed by atoms with E-state index in [1.54, 1.807) is 11.1 Å². The van der Waals surface area contributed by atoms with Crippen LogP contribution in [0.3, 0.4) is 0 Å². The maximum Gasteiger partial charge on any atom is 0.325 e. The van der Waals surface area contributed by atoms with Gasteiger partial charge in [-0.2, -0.15) is 0 Å². The zero-order valence-corrected chi connectivity index (χ0v) is 14.3. The summed E-state index contributed by atoms with van der Waals surface area (Å²) in [5.74, 6) is -0.369. The Morgan fingerprint density at radius 2 is 2.20 bits per heavy atom. The molecule has 0 aliphatic carbocycles. The number of hydrogen-bond donors (Lipinski definition) is 2. The van der Waals surface area contributed by atoms with E-state index in [0.29, 0.717) is 13.1 Å². The summed E-state index contributed by atoms with van der Waals surface area (Å²) < 4.78 is 0. The SMILES string of the molecule is CN(C)Cc1cc([C@@H]2CCCN2C(=O)c2c[nH]c(=O)[nH]c2=O)ccn1. The van der Waals surface area contributed by atoms with Crippen molar-refractivity contribution in [2.45, 2.75) is 25.4 Å². The summed E-state index contributed by atoms with van der Waals surface area (Å²) in [4.78, 5) is 48.4. The molecule has 1 aliphatic heterocycles. The number of nitrogens with one attached hydrogen (secondary N) is 2. The summed E-state index contributed by atoms with van der Waals surface area (Å²) in [5.41, 5.74) is 0.612. The highest BCUT2D eigenvalue weighted by molar-refractivity contribution is 5.94. The molecule has 0 aromatic carbocycles. The van der Waals surface area contributed by atoms with Crippen LogP contribution in [0.4, 0.5) is 0 Å². The fourth-order valence-corrected chi connectivity index (χ4v) is 3.19. The molecular formula is C17H21N5O3. The first kappa shape index (κ1) is 17.1. The molecule has 1 aliphatic rings. The van der Waals surface area contributed by atoms with Gasteiger partial charge in [-0.3, -0.25) is 19.6 Å². The first-order valence-electron chi connectivity index (χ1n) is 8.18. The van der Waals surface area contributed by atoms with Gasteiger partial charge >= 0.3 is 5.69 Å². The molecule has 0 spiro atoms. The second kappa shape index (κ2) is 7.02. The van der Waals surface area contributed by atoms with Crippen molar-refractivity contribution in [3.05, 3.63) is 62.2 Å². The number of aromatic nitrogens is 3. The van der Waals surface area contributed by atoms with Crippen molar-refractivity contribution in [1.29, 1.82) is 0 Å². The highest BCUT2D eigenvalue weighted by Crippen LogP contribution is 2.32. The molecule has 2 aromatic rings. The van der Waals surface area contributed by atoms with Gasteiger partial charge < -0.3 is 14.8 Å². The lowest BCUT2D eigenvalue weighted by Crippen LogP contribution is -2.36. The van der Waals surface area contributed by atoms with Gasteiger partial charge in [0.05, 0.1) is 11.7 Å². The van der Waals surface area contributed by atoms with Crippen molar-refractivity contribution >= 4 is 5.91 Å². The minimum absolute atomic E-state index is 0.0472. The van der Waals surface area contributed by atoms with Crippen LogP contribution in [0.15, 0.2) is 34.1 Å². The standard InChI is InChI=1S/C17H21N5O3/c1-21(2)10-12-8-11(5-6-18-12)14-4-3-7-22(14)16(24)13-9-19-17(25)20-15(13)23/h5-6,8-9,14H,3-4,7,10H2,1-2H3,(H2,19,20,23,25)/t14-/m0/s1. The molecule has 3 heterocycles. The molecule has 8 heteroatoms. The Balaban J connectivity index is 1.89. The maximum absolute atomic E-state index is 12.8. The van der Waals surface area contributed by atoms with Crippen molar-refractivity contribution < 1.29 is 4.79 Å². The molecule has 8 nitrogen and oxygen atoms in total. The lowest BCUT2D eigenvalue weighted by atomic mass is 10.0. The third-order valence-electron chi connectivity index (χ3n) is 4.27. The molecule has 1 amide bonds. The van der Waals surface area contributed by atoms with E-state index < -0.39 is 11.2 Å². The van der Waals surface area contributed by atoms with Gasteiger partial charge in [-0.1, -0.05) is 0 Å². The molecule has 3 rings (SSSR count). The maximum atomic E-state index is 12.8. The van der Waals surface area contributed by atoms with E-state index in [-0.39, 0.29) is 17.5 Å². The predicted octanol–water partition coefficient (Wildman–Crippen LogP) is 0.497. The summed E-state index contributed by atoms with van der Waals surface area (Å²) in [6, 6.07) is 3.82. The van der Waals surface area contributed by atoms with Gasteiger partial charge in [-0.15, -0.1) is 0 Å². The monoisotopic (exact) mass is 343 g/mol. The number of aromatic amines is 2. The number of H-pyrrole nitrogens is 2. The minimum atomic E-state index is -0.664. The molecule has 2 aromatic heterocycles. The highest BCUT2D eigenvalue weighted by atomic mass is 16.2. The predicted molar refractivity (Wildman–Crippen MR) is 92.3 cm³/mol. The van der Waals surface area contributed by atoms with E-state index in [0.717, 1.165) is 24.1 Å². The van der Waals surface area contributed by atoms with Gasteiger partial charge in [0.25, 0.3) is 11.5 Å². The Morgan fingerprint density at radius 1 is 1.40 bits per heavy atom. The summed E-state index contributed by atoms with van der Waals surface area (Å²) >= 11 is 0. The summed E-state index contributed by atoms with van der Waals surface area (Å²) in [6.45, 7) is 1.29. The Kier molecular flexibility index (Phi) is 4.80. The molecule has 2 N–H and O–H groups in total. The lowest BCUT2D eigenvalue weighted by molar-refractivity contribution is 0.0733. The third kappa shape index (κ3) is 3.69. The van der Waals surface area contributed by atoms with Crippen LogP contribution < -0.4 is 11.2 Å². The van der Waals surface area contributed by atoms with Crippen LogP contribution in [-0.2, 0) is 6.54 Å². The van der Waals surface area contributed by atoms with Gasteiger partial charge in [0.15, 0.2) is 0 Å². The van der Waals surface area contributed by atoms with Gasteiger partial charge in [0, 0.05) is 25.5 Å². The largest absolute Gasteiger partial charge is 0.331 e. The van der Waals surface area contributed by atoms with Gasteiger partial charge in [0.1, 0.15) is 5.56 Å². The zero-order chi connectivity index (χ0) is 18.0. The van der Waals surface area contributed by atoms with E-state index in [9.17, 15) is 14.4 Å². The van der Waals surface area contributed by atoms with Crippen LogP contribution in [0.25, 0.3) is 0 Å². The van der Waals surface area contributed by atoms with Crippen LogP contribution in [0.5, 0.6) is 0 Å². The summed E-state index contributed by atoms with van der Waals surface area (Å²) in [7, 11) is 3.95. The smallest absolute Gasteiger partial charge is 0.325 e. The number of rotatable bonds is 4. The summed E-state index contributed by atoms with van der Waals surface area (Å²) in [5, 5.41) is 0. The Labute approximate surface area is 144 Å². The number of likely N-dealkylation sites (tertiary alicyclic amines) is 1. The molecule has 1 atom stereocenters. The van der Waals surface area contributed by atoms with Gasteiger partial charge in [-0.25, -0.2) is 4.79 Å². The molecular weight excluding hydrogens is 322 g/mol. The first-order valence-corrected chi connectivity index (χ1v) is 8.18. The normalized spacial score (nSPS) is 17.2. The molecule has 1 fully saturated rings. The highest BCUT2D eigenvalue weighted by Gasteiger charge is 2.32. The van der Waals surface area contributed by atoms with E-state index in [4.69, 9.17) is 0 Å². The molecule has 25 heavy (non-hydrogen) atoms. The summed E-state index contributed by atoms with van der Waals surface area (Å²) in [6.07, 6.45) is 4.63. The molecule has 132 valence electrons. The number of nitrogens with zero attached hydrogens (tertiary/aromatic N) is 3. The van der Waals surface area contributed by atoms with Crippen LogP contribution in [-0.4, -0.2) is 51.3 Å². The van der Waals surface area contributed by atoms with Gasteiger partial charge in [0.2, 0.25) is 0 Å². The number of amides is 1. The molecule has 0 saturated carbocycles. The van der Waals surface area contributed by atoms with Crippen LogP contribution in [0.1, 0.15) is 40.5 Å². The Hall–Kier alpha value is -2.74. The van der Waals surface area contributed by atoms with Crippen molar-refractivity contribution in [1.82, 2.24) is 24.8 Å². The number of pyridine rings is 1. The molecule has 1 saturated heterocycles. The number of carbonyl (C=O) groups is 1. The van der Waals surface area contributed by atoms with E-state index in [1.807, 2.05) is 31.1 Å². The number of hydrogen-bond acceptors (Lipinski definition) is 5. The van der Waals surface area contributed by atoms with Crippen molar-refractivity contribution in [3.8, 4) is 0 Å². The van der Waals surface area contributed by atoms with E-state index in [1.165, 1.54) is 6.20 Å². The van der Waals surface area contributed by atoms with Gasteiger partial charge in [-0.05, 0) is 44.6 Å². The van der Waals surface area contributed by atoms with E-state index >= 15 is 0 Å². The number of carbonyl (C=O) groups excluding carboxylic acids is 1. The first-order chi connectivity index (χ1) is 12.0. The quantitative estimate of drug-likeness (QED) is 0.841. The second-order valence-corrected chi connectivity index (χ2v) is 6.46. The fraction of sp³-hybridized carbons (Fsp3) is 0.412. The fourth-order valence-electron chi connectivity index (χ4n) is 3.19. The van der Waals surface area contributed by atoms with Crippen molar-refractivity contribution in [2.75, 3.05) is 20.6 Å². The van der Waals surface area contributed by atoms with Crippen molar-refractivity contribution in [2.24, 2.45) is 0 Å². The average molecular weight is 343 g/mol. The topological polar surface area (TPSA) is 102 Å². The second-order valence-electron chi connectivity index (χ2n) is 6.46. The third-order valence-corrected chi connectivity index (χ3v) is 4.27.